The Morgan fingerprint density at radius 1 is 1.71 bits per heavy atom. The second kappa shape index (κ2) is 3.83. The van der Waals surface area contributed by atoms with Crippen LogP contribution in [0.3, 0.4) is 0 Å². The molecule has 0 amide bonds. The first-order valence-electron chi connectivity index (χ1n) is 1.57. The largest absolute Gasteiger partial charge is 1.01 e. The Bertz CT molecular complexity index is 52.1. The van der Waals surface area contributed by atoms with Crippen molar-refractivity contribution in [3.8, 4) is 0 Å². The minimum atomic E-state index is -0.847. The molecule has 0 aromatic carbocycles. The van der Waals surface area contributed by atoms with E-state index in [1.807, 2.05) is 0 Å². The Morgan fingerprint density at radius 3 is 2.29 bits per heavy atom. The van der Waals surface area contributed by atoms with Crippen LogP contribution in [0.25, 0.3) is 0 Å². The molecule has 39 valence electrons. The van der Waals surface area contributed by atoms with Crippen LogP contribution in [-0.4, -0.2) is 14.1 Å². The Kier molecular flexibility index (Phi) is 3.64. The highest BCUT2D eigenvalue weighted by atomic mass is 16.7. The van der Waals surface area contributed by atoms with E-state index in [1.54, 1.807) is 0 Å². The standard InChI is InChI=1S/C3H6BO3/c1-5-4(6-2)7-3/h1-3H2. The minimum absolute atomic E-state index is 0.847. The van der Waals surface area contributed by atoms with E-state index in [0.29, 0.717) is 0 Å². The Hall–Kier alpha value is -0.345. The number of rotatable bonds is 3. The van der Waals surface area contributed by atoms with Gasteiger partial charge >= 0.3 is 7.32 Å². The third-order valence-electron chi connectivity index (χ3n) is 0.408. The molecule has 0 aliphatic carbocycles. The molecule has 1 radical (unpaired) electrons. The van der Waals surface area contributed by atoms with Gasteiger partial charge < -0.3 is 13.7 Å². The molecule has 7 heavy (non-hydrogen) atoms. The number of hydrogen-bond acceptors (Lipinski definition) is 2. The lowest BCUT2D eigenvalue weighted by molar-refractivity contribution is -0.325. The summed E-state index contributed by atoms with van der Waals surface area (Å²) in [6, 6.07) is 0. The Morgan fingerprint density at radius 2 is 2.29 bits per heavy atom. The van der Waals surface area contributed by atoms with Gasteiger partial charge in [0, 0.05) is 0 Å². The average Bonchev–Trinajstić information content (AvgIpc) is 1.72. The SMILES string of the molecule is [CH2]OB(O[CH2-])[O+]=C. The van der Waals surface area contributed by atoms with Gasteiger partial charge in [-0.25, -0.2) is 7.11 Å². The zero-order valence-electron chi connectivity index (χ0n) is 3.92. The fraction of sp³-hybridized carbons (Fsp3) is 0. The van der Waals surface area contributed by atoms with Crippen LogP contribution in [0.15, 0.2) is 0 Å². The number of hydrogen-bond donors (Lipinski definition) is 0. The normalized spacial score (nSPS) is 8.29. The zero-order chi connectivity index (χ0) is 5.70. The summed E-state index contributed by atoms with van der Waals surface area (Å²) < 4.78 is 12.7. The summed E-state index contributed by atoms with van der Waals surface area (Å²) in [6.07, 6.45) is 0. The predicted molar refractivity (Wildman–Crippen MR) is 25.8 cm³/mol. The van der Waals surface area contributed by atoms with Crippen molar-refractivity contribution < 1.29 is 13.7 Å². The van der Waals surface area contributed by atoms with Gasteiger partial charge in [0.2, 0.25) is 6.79 Å². The van der Waals surface area contributed by atoms with Gasteiger partial charge in [-0.3, -0.25) is 0 Å². The summed E-state index contributed by atoms with van der Waals surface area (Å²) in [5, 5.41) is 0. The molecule has 0 saturated carbocycles. The molecule has 0 aliphatic heterocycles. The van der Waals surface area contributed by atoms with Gasteiger partial charge in [-0.2, -0.15) is 0 Å². The van der Waals surface area contributed by atoms with Crippen molar-refractivity contribution in [2.24, 2.45) is 0 Å². The van der Waals surface area contributed by atoms with Gasteiger partial charge in [-0.05, 0) is 0 Å². The van der Waals surface area contributed by atoms with Crippen LogP contribution in [0.1, 0.15) is 0 Å². The lowest BCUT2D eigenvalue weighted by atomic mass is 10.2. The molecule has 0 N–H and O–H groups in total. The second-order valence-electron chi connectivity index (χ2n) is 0.789. The van der Waals surface area contributed by atoms with Gasteiger partial charge in [0.15, 0.2) is 0 Å². The summed E-state index contributed by atoms with van der Waals surface area (Å²) in [7, 11) is 5.15. The molecule has 0 heterocycles. The predicted octanol–water partition coefficient (Wildman–Crippen LogP) is -0.0479. The molecule has 0 aromatic rings. The van der Waals surface area contributed by atoms with E-state index in [4.69, 9.17) is 0 Å². The lowest BCUT2D eigenvalue weighted by Crippen LogP contribution is -2.16. The third kappa shape index (κ3) is 2.36. The lowest BCUT2D eigenvalue weighted by Gasteiger charge is -1.90. The van der Waals surface area contributed by atoms with Gasteiger partial charge in [-0.1, -0.05) is 0 Å². The van der Waals surface area contributed by atoms with E-state index in [1.165, 1.54) is 0 Å². The first-order chi connectivity index (χ1) is 3.35. The van der Waals surface area contributed by atoms with Crippen LogP contribution in [-0.2, 0) is 13.7 Å². The van der Waals surface area contributed by atoms with Crippen LogP contribution in [0.5, 0.6) is 0 Å². The van der Waals surface area contributed by atoms with E-state index in [0.717, 1.165) is 0 Å². The summed E-state index contributed by atoms with van der Waals surface area (Å²) in [5.74, 6) is 0. The van der Waals surface area contributed by atoms with Gasteiger partial charge in [0.05, 0.1) is 7.11 Å². The second-order valence-corrected chi connectivity index (χ2v) is 0.789. The van der Waals surface area contributed by atoms with Crippen molar-refractivity contribution in [3.63, 3.8) is 0 Å². The van der Waals surface area contributed by atoms with E-state index in [-0.39, 0.29) is 0 Å². The summed E-state index contributed by atoms with van der Waals surface area (Å²) >= 11 is 0. The first kappa shape index (κ1) is 6.65. The van der Waals surface area contributed by atoms with Crippen LogP contribution in [0.2, 0.25) is 0 Å². The molecule has 0 atom stereocenters. The Balaban J connectivity index is 3.16. The van der Waals surface area contributed by atoms with E-state index in [9.17, 15) is 0 Å². The number of carbonyl (C=O) groups excluding carboxylic acids is 1. The quantitative estimate of drug-likeness (QED) is 0.283. The maximum absolute atomic E-state index is 4.23. The molecular formula is C3H6BO3. The molecule has 3 nitrogen and oxygen atoms in total. The van der Waals surface area contributed by atoms with Crippen LogP contribution < -0.4 is 0 Å². The van der Waals surface area contributed by atoms with Crippen LogP contribution in [0, 0.1) is 14.2 Å². The van der Waals surface area contributed by atoms with Gasteiger partial charge in [0.25, 0.3) is 0 Å². The average molecular weight is 101 g/mol. The third-order valence-corrected chi connectivity index (χ3v) is 0.408. The monoisotopic (exact) mass is 101 g/mol. The highest BCUT2D eigenvalue weighted by Crippen LogP contribution is 1.79. The fourth-order valence-electron chi connectivity index (χ4n) is 0.144. The zero-order valence-corrected chi connectivity index (χ0v) is 3.92. The summed E-state index contributed by atoms with van der Waals surface area (Å²) in [5.41, 5.74) is 0. The highest BCUT2D eigenvalue weighted by Gasteiger charge is 2.30. The van der Waals surface area contributed by atoms with Crippen molar-refractivity contribution in [2.75, 3.05) is 0 Å². The van der Waals surface area contributed by atoms with Crippen LogP contribution in [0.4, 0.5) is 0 Å². The Labute approximate surface area is 43.1 Å². The molecule has 0 rings (SSSR count). The van der Waals surface area contributed by atoms with E-state index in [2.05, 4.69) is 34.7 Å². The molecule has 0 saturated heterocycles. The van der Waals surface area contributed by atoms with Crippen molar-refractivity contribution in [1.29, 1.82) is 0 Å². The van der Waals surface area contributed by atoms with Crippen molar-refractivity contribution in [1.82, 2.24) is 0 Å². The highest BCUT2D eigenvalue weighted by molar-refractivity contribution is 6.33. The van der Waals surface area contributed by atoms with E-state index >= 15 is 0 Å². The molecule has 0 aliphatic rings. The maximum Gasteiger partial charge on any atom is 1.01 e. The summed E-state index contributed by atoms with van der Waals surface area (Å²) in [6.45, 7) is 3.00. The molecular weight excluding hydrogens is 94.8 g/mol. The van der Waals surface area contributed by atoms with Crippen molar-refractivity contribution >= 4 is 14.1 Å². The first-order valence-corrected chi connectivity index (χ1v) is 1.57. The maximum atomic E-state index is 4.23. The molecule has 0 aromatic heterocycles. The molecule has 0 unspecified atom stereocenters. The fourth-order valence-corrected chi connectivity index (χ4v) is 0.144. The molecule has 0 spiro atoms. The smallest absolute Gasteiger partial charge is 0.496 e. The minimum Gasteiger partial charge on any atom is -0.496 e. The van der Waals surface area contributed by atoms with Gasteiger partial charge in [0.1, 0.15) is 0 Å². The molecule has 0 bridgehead atoms. The summed E-state index contributed by atoms with van der Waals surface area (Å²) in [4.78, 5) is 0. The van der Waals surface area contributed by atoms with Gasteiger partial charge in [-0.15, -0.1) is 0 Å². The van der Waals surface area contributed by atoms with Crippen LogP contribution >= 0.6 is 0 Å². The van der Waals surface area contributed by atoms with Crippen molar-refractivity contribution in [2.45, 2.75) is 0 Å². The molecule has 4 heteroatoms. The van der Waals surface area contributed by atoms with Crippen molar-refractivity contribution in [3.05, 3.63) is 14.2 Å². The topological polar surface area (TPSA) is 29.8 Å². The molecule has 0 fully saturated rings. The van der Waals surface area contributed by atoms with E-state index < -0.39 is 7.32 Å².